The highest BCUT2D eigenvalue weighted by Gasteiger charge is 2.20. The summed E-state index contributed by atoms with van der Waals surface area (Å²) in [5.74, 6) is 0.946. The van der Waals surface area contributed by atoms with Crippen LogP contribution in [0.25, 0.3) is 11.1 Å². The fourth-order valence-electron chi connectivity index (χ4n) is 3.43. The molecule has 1 aliphatic carbocycles. The summed E-state index contributed by atoms with van der Waals surface area (Å²) in [4.78, 5) is 12.5. The Labute approximate surface area is 172 Å². The van der Waals surface area contributed by atoms with Crippen LogP contribution in [-0.2, 0) is 4.79 Å². The second kappa shape index (κ2) is 9.28. The van der Waals surface area contributed by atoms with Gasteiger partial charge in [-0.2, -0.15) is 0 Å². The lowest BCUT2D eigenvalue weighted by molar-refractivity contribution is -0.121. The van der Waals surface area contributed by atoms with Crippen LogP contribution in [0.3, 0.4) is 0 Å². The number of allylic oxidation sites excluding steroid dienone is 6. The van der Waals surface area contributed by atoms with Crippen molar-refractivity contribution < 1.29 is 14.6 Å². The fourth-order valence-corrected chi connectivity index (χ4v) is 3.43. The summed E-state index contributed by atoms with van der Waals surface area (Å²) in [6, 6.07) is 15.2. The lowest BCUT2D eigenvalue weighted by atomic mass is 9.89. The number of nitrogens with one attached hydrogen (secondary N) is 1. The van der Waals surface area contributed by atoms with Crippen LogP contribution in [0.2, 0.25) is 0 Å². The molecule has 4 nitrogen and oxygen atoms in total. The number of carbonyl (C=O) groups is 1. The molecule has 3 rings (SSSR count). The van der Waals surface area contributed by atoms with E-state index < -0.39 is 0 Å². The van der Waals surface area contributed by atoms with Gasteiger partial charge in [0.15, 0.2) is 0 Å². The molecule has 0 heterocycles. The van der Waals surface area contributed by atoms with Crippen molar-refractivity contribution in [3.05, 3.63) is 84.0 Å². The smallest absolute Gasteiger partial charge is 0.221 e. The summed E-state index contributed by atoms with van der Waals surface area (Å²) < 4.78 is 5.38. The molecule has 0 aliphatic heterocycles. The van der Waals surface area contributed by atoms with Gasteiger partial charge in [-0.15, -0.1) is 0 Å². The molecule has 1 unspecified atom stereocenters. The minimum Gasteiger partial charge on any atom is -0.508 e. The summed E-state index contributed by atoms with van der Waals surface area (Å²) >= 11 is 0. The van der Waals surface area contributed by atoms with Gasteiger partial charge >= 0.3 is 0 Å². The van der Waals surface area contributed by atoms with E-state index >= 15 is 0 Å². The van der Waals surface area contributed by atoms with Gasteiger partial charge in [-0.3, -0.25) is 4.79 Å². The van der Waals surface area contributed by atoms with Crippen molar-refractivity contribution >= 4 is 17.1 Å². The van der Waals surface area contributed by atoms with E-state index in [1.807, 2.05) is 62.4 Å². The fraction of sp³-hybridized carbons (Fsp3) is 0.240. The van der Waals surface area contributed by atoms with Gasteiger partial charge in [0.25, 0.3) is 0 Å². The number of carbonyl (C=O) groups excluding carboxylic acids is 1. The Morgan fingerprint density at radius 2 is 1.86 bits per heavy atom. The summed E-state index contributed by atoms with van der Waals surface area (Å²) in [6.07, 6.45) is 8.53. The average molecular weight is 389 g/mol. The molecule has 1 amide bonds. The number of rotatable bonds is 6. The number of hydrogen-bond donors (Lipinski definition) is 2. The van der Waals surface area contributed by atoms with Gasteiger partial charge in [0.05, 0.1) is 7.11 Å². The van der Waals surface area contributed by atoms with E-state index in [0.29, 0.717) is 6.42 Å². The topological polar surface area (TPSA) is 58.6 Å². The molecule has 2 N–H and O–H groups in total. The van der Waals surface area contributed by atoms with Gasteiger partial charge < -0.3 is 15.2 Å². The van der Waals surface area contributed by atoms with E-state index in [1.54, 1.807) is 19.2 Å². The highest BCUT2D eigenvalue weighted by Crippen LogP contribution is 2.34. The standard InChI is InChI=1S/C25H27NO3/c1-17(2)26-25(28)16-21-11-10-18(19-6-4-8-22(27)14-19)12-13-24(21)20-7-5-9-23(15-20)29-3/h4-15,17,21,27H,16H2,1-3H3,(H,26,28). The molecular weight excluding hydrogens is 362 g/mol. The minimum absolute atomic E-state index is 0.0178. The van der Waals surface area contributed by atoms with Crippen molar-refractivity contribution in [2.75, 3.05) is 7.11 Å². The number of benzene rings is 2. The normalized spacial score (nSPS) is 16.1. The van der Waals surface area contributed by atoms with Crippen LogP contribution in [0.5, 0.6) is 11.5 Å². The Morgan fingerprint density at radius 3 is 2.59 bits per heavy atom. The molecule has 1 atom stereocenters. The second-order valence-electron chi connectivity index (χ2n) is 7.42. The molecule has 150 valence electrons. The van der Waals surface area contributed by atoms with E-state index in [1.165, 1.54) is 0 Å². The third-order valence-electron chi connectivity index (χ3n) is 4.79. The number of aromatic hydroxyl groups is 1. The number of hydrogen-bond acceptors (Lipinski definition) is 3. The number of methoxy groups -OCH3 is 1. The zero-order valence-corrected chi connectivity index (χ0v) is 17.1. The maximum absolute atomic E-state index is 12.5. The first-order chi connectivity index (χ1) is 14.0. The highest BCUT2D eigenvalue weighted by molar-refractivity contribution is 5.85. The lowest BCUT2D eigenvalue weighted by Crippen LogP contribution is -2.31. The predicted molar refractivity (Wildman–Crippen MR) is 118 cm³/mol. The van der Waals surface area contributed by atoms with E-state index in [4.69, 9.17) is 4.74 Å². The monoisotopic (exact) mass is 389 g/mol. The molecule has 29 heavy (non-hydrogen) atoms. The van der Waals surface area contributed by atoms with Crippen molar-refractivity contribution in [1.82, 2.24) is 5.32 Å². The van der Waals surface area contributed by atoms with Gasteiger partial charge in [-0.05, 0) is 60.4 Å². The largest absolute Gasteiger partial charge is 0.508 e. The van der Waals surface area contributed by atoms with Gasteiger partial charge in [-0.1, -0.05) is 48.6 Å². The van der Waals surface area contributed by atoms with Gasteiger partial charge in [0.1, 0.15) is 11.5 Å². The van der Waals surface area contributed by atoms with Crippen LogP contribution in [0.4, 0.5) is 0 Å². The van der Waals surface area contributed by atoms with E-state index in [2.05, 4.69) is 17.5 Å². The minimum atomic E-state index is -0.0769. The molecule has 0 saturated carbocycles. The Bertz CT molecular complexity index is 970. The average Bonchev–Trinajstić information content (AvgIpc) is 2.90. The molecular formula is C25H27NO3. The molecule has 0 spiro atoms. The Hall–Kier alpha value is -3.27. The van der Waals surface area contributed by atoms with Crippen LogP contribution in [0.15, 0.2) is 72.8 Å². The zero-order chi connectivity index (χ0) is 20.8. The summed E-state index contributed by atoms with van der Waals surface area (Å²) in [7, 11) is 1.65. The first kappa shape index (κ1) is 20.5. The molecule has 2 aromatic carbocycles. The van der Waals surface area contributed by atoms with E-state index in [0.717, 1.165) is 28.0 Å². The predicted octanol–water partition coefficient (Wildman–Crippen LogP) is 4.97. The Kier molecular flexibility index (Phi) is 6.55. The Balaban J connectivity index is 1.99. The molecule has 2 aromatic rings. The lowest BCUT2D eigenvalue weighted by Gasteiger charge is -2.18. The maximum Gasteiger partial charge on any atom is 0.221 e. The number of amides is 1. The number of ether oxygens (including phenoxy) is 1. The van der Waals surface area contributed by atoms with Crippen LogP contribution in [0.1, 0.15) is 31.4 Å². The maximum atomic E-state index is 12.5. The molecule has 0 aromatic heterocycles. The molecule has 0 radical (unpaired) electrons. The summed E-state index contributed by atoms with van der Waals surface area (Å²) in [6.45, 7) is 3.92. The molecule has 0 saturated heterocycles. The first-order valence-corrected chi connectivity index (χ1v) is 9.79. The highest BCUT2D eigenvalue weighted by atomic mass is 16.5. The molecule has 4 heteroatoms. The van der Waals surface area contributed by atoms with Crippen LogP contribution < -0.4 is 10.1 Å². The first-order valence-electron chi connectivity index (χ1n) is 9.79. The zero-order valence-electron chi connectivity index (χ0n) is 17.1. The van der Waals surface area contributed by atoms with Crippen LogP contribution >= 0.6 is 0 Å². The third-order valence-corrected chi connectivity index (χ3v) is 4.79. The van der Waals surface area contributed by atoms with Crippen molar-refractivity contribution in [1.29, 1.82) is 0 Å². The molecule has 1 aliphatic rings. The van der Waals surface area contributed by atoms with Gasteiger partial charge in [0.2, 0.25) is 5.91 Å². The third kappa shape index (κ3) is 5.38. The molecule has 0 bridgehead atoms. The van der Waals surface area contributed by atoms with Crippen molar-refractivity contribution in [2.24, 2.45) is 5.92 Å². The summed E-state index contributed by atoms with van der Waals surface area (Å²) in [5.41, 5.74) is 3.97. The quantitative estimate of drug-likeness (QED) is 0.733. The second-order valence-corrected chi connectivity index (χ2v) is 7.42. The van der Waals surface area contributed by atoms with E-state index in [-0.39, 0.29) is 23.6 Å². The SMILES string of the molecule is COc1cccc(C2=CC=C(c3cccc(O)c3)C=CC2CC(=O)NC(C)C)c1. The molecule has 0 fully saturated rings. The van der Waals surface area contributed by atoms with Crippen molar-refractivity contribution in [3.63, 3.8) is 0 Å². The number of phenolic OH excluding ortho intramolecular Hbond substituents is 1. The Morgan fingerprint density at radius 1 is 1.10 bits per heavy atom. The van der Waals surface area contributed by atoms with Crippen molar-refractivity contribution in [2.45, 2.75) is 26.3 Å². The van der Waals surface area contributed by atoms with Gasteiger partial charge in [0, 0.05) is 18.4 Å². The van der Waals surface area contributed by atoms with Gasteiger partial charge in [-0.25, -0.2) is 0 Å². The van der Waals surface area contributed by atoms with Crippen molar-refractivity contribution in [3.8, 4) is 11.5 Å². The summed E-state index contributed by atoms with van der Waals surface area (Å²) in [5, 5.41) is 12.8. The number of phenols is 1. The van der Waals surface area contributed by atoms with Crippen LogP contribution in [-0.4, -0.2) is 24.2 Å². The van der Waals surface area contributed by atoms with Crippen LogP contribution in [0, 0.1) is 5.92 Å². The van der Waals surface area contributed by atoms with E-state index in [9.17, 15) is 9.90 Å².